The van der Waals surface area contributed by atoms with Gasteiger partial charge in [-0.1, -0.05) is 56.1 Å². The molecule has 8 nitrogen and oxygen atoms in total. The van der Waals surface area contributed by atoms with Crippen molar-refractivity contribution in [3.8, 4) is 33.9 Å². The van der Waals surface area contributed by atoms with E-state index >= 15 is 0 Å². The minimum atomic E-state index is -0.356. The van der Waals surface area contributed by atoms with E-state index in [0.29, 0.717) is 23.2 Å². The molecule has 0 fully saturated rings. The van der Waals surface area contributed by atoms with Gasteiger partial charge in [0.2, 0.25) is 0 Å². The van der Waals surface area contributed by atoms with Gasteiger partial charge < -0.3 is 31.1 Å². The van der Waals surface area contributed by atoms with Crippen molar-refractivity contribution in [1.82, 2.24) is 15.8 Å². The van der Waals surface area contributed by atoms with Gasteiger partial charge in [0.15, 0.2) is 11.5 Å². The number of amides is 1. The van der Waals surface area contributed by atoms with E-state index in [9.17, 15) is 15.0 Å². The molecule has 0 bridgehead atoms. The maximum Gasteiger partial charge on any atom is 0.274 e. The monoisotopic (exact) mass is 494 g/mol. The van der Waals surface area contributed by atoms with Crippen molar-refractivity contribution in [2.75, 3.05) is 19.6 Å². The summed E-state index contributed by atoms with van der Waals surface area (Å²) in [5.41, 5.74) is 9.08. The molecule has 36 heavy (non-hydrogen) atoms. The number of carbonyl (C=O) groups is 1. The van der Waals surface area contributed by atoms with Crippen LogP contribution in [-0.4, -0.2) is 40.9 Å². The molecule has 0 saturated heterocycles. The van der Waals surface area contributed by atoms with Crippen molar-refractivity contribution in [3.63, 3.8) is 0 Å². The molecule has 2 aromatic carbocycles. The topological polar surface area (TPSA) is 134 Å². The van der Waals surface area contributed by atoms with Crippen LogP contribution in [0.1, 0.15) is 74.0 Å². The lowest BCUT2D eigenvalue weighted by molar-refractivity contribution is 0.0947. The first kappa shape index (κ1) is 27.2. The van der Waals surface area contributed by atoms with Crippen molar-refractivity contribution in [3.05, 3.63) is 53.2 Å². The Morgan fingerprint density at radius 2 is 1.78 bits per heavy atom. The third-order valence-electron chi connectivity index (χ3n) is 6.14. The van der Waals surface area contributed by atoms with Gasteiger partial charge in [0.1, 0.15) is 11.5 Å². The van der Waals surface area contributed by atoms with Crippen LogP contribution in [0.15, 0.2) is 40.9 Å². The van der Waals surface area contributed by atoms with Crippen LogP contribution in [0.4, 0.5) is 0 Å². The maximum absolute atomic E-state index is 12.8. The summed E-state index contributed by atoms with van der Waals surface area (Å²) >= 11 is 0. The molecule has 0 aliphatic heterocycles. The van der Waals surface area contributed by atoms with Crippen LogP contribution >= 0.6 is 0 Å². The van der Waals surface area contributed by atoms with Crippen LogP contribution in [0.2, 0.25) is 0 Å². The largest absolute Gasteiger partial charge is 0.508 e. The average molecular weight is 495 g/mol. The normalized spacial score (nSPS) is 11.2. The van der Waals surface area contributed by atoms with E-state index in [1.165, 1.54) is 12.5 Å². The Morgan fingerprint density at radius 3 is 2.44 bits per heavy atom. The lowest BCUT2D eigenvalue weighted by Gasteiger charge is -2.13. The molecule has 0 saturated carbocycles. The fourth-order valence-electron chi connectivity index (χ4n) is 4.15. The van der Waals surface area contributed by atoms with Crippen molar-refractivity contribution in [1.29, 1.82) is 0 Å². The van der Waals surface area contributed by atoms with Crippen LogP contribution in [0.3, 0.4) is 0 Å². The molecule has 3 aromatic rings. The highest BCUT2D eigenvalue weighted by Crippen LogP contribution is 2.43. The summed E-state index contributed by atoms with van der Waals surface area (Å²) in [7, 11) is 0. The molecule has 0 spiro atoms. The molecule has 3 rings (SSSR count). The van der Waals surface area contributed by atoms with E-state index in [0.717, 1.165) is 50.0 Å². The molecule has 0 aliphatic rings. The Hall–Kier alpha value is -3.36. The summed E-state index contributed by atoms with van der Waals surface area (Å²) in [5, 5.41) is 31.2. The molecule has 194 valence electrons. The summed E-state index contributed by atoms with van der Waals surface area (Å²) < 4.78 is 5.64. The van der Waals surface area contributed by atoms with Gasteiger partial charge in [-0.25, -0.2) is 0 Å². The summed E-state index contributed by atoms with van der Waals surface area (Å²) in [5.74, 6) is -0.202. The van der Waals surface area contributed by atoms with Crippen LogP contribution in [0, 0.1) is 0 Å². The Balaban J connectivity index is 1.89. The molecule has 0 radical (unpaired) electrons. The number of nitrogens with one attached hydrogen (secondary N) is 2. The fourth-order valence-corrected chi connectivity index (χ4v) is 4.15. The zero-order valence-corrected chi connectivity index (χ0v) is 21.4. The fraction of sp³-hybridized carbons (Fsp3) is 0.429. The Kier molecular flexibility index (Phi) is 9.90. The number of carbonyl (C=O) groups excluding carboxylic acids is 1. The molecule has 0 atom stereocenters. The number of rotatable bonds is 13. The van der Waals surface area contributed by atoms with Gasteiger partial charge in [0.05, 0.1) is 11.1 Å². The second kappa shape index (κ2) is 13.1. The first-order valence-corrected chi connectivity index (χ1v) is 12.7. The van der Waals surface area contributed by atoms with Gasteiger partial charge >= 0.3 is 0 Å². The van der Waals surface area contributed by atoms with Gasteiger partial charge in [-0.05, 0) is 61.5 Å². The number of hydrogen-bond donors (Lipinski definition) is 5. The molecular weight excluding hydrogens is 456 g/mol. The molecule has 8 heteroatoms. The number of hydrogen-bond acceptors (Lipinski definition) is 7. The number of nitrogens with zero attached hydrogens (tertiary/aromatic N) is 1. The predicted molar refractivity (Wildman–Crippen MR) is 142 cm³/mol. The SMILES string of the molecule is CCNC(=O)c1noc(-c2cc(C(C)C)c(O)cc2O)c1-c1ccc(CNCCCCCCN)cc1. The first-order valence-electron chi connectivity index (χ1n) is 12.7. The average Bonchev–Trinajstić information content (AvgIpc) is 3.29. The summed E-state index contributed by atoms with van der Waals surface area (Å²) in [6.07, 6.45) is 4.53. The molecule has 1 heterocycles. The Bertz CT molecular complexity index is 1140. The highest BCUT2D eigenvalue weighted by atomic mass is 16.5. The van der Waals surface area contributed by atoms with Crippen molar-refractivity contribution >= 4 is 5.91 Å². The number of phenolic OH excluding ortho intramolecular Hbond substituents is 2. The van der Waals surface area contributed by atoms with Crippen LogP contribution < -0.4 is 16.4 Å². The van der Waals surface area contributed by atoms with Crippen molar-refractivity contribution in [2.24, 2.45) is 5.73 Å². The number of aromatic hydroxyl groups is 2. The number of unbranched alkanes of at least 4 members (excludes halogenated alkanes) is 3. The van der Waals surface area contributed by atoms with Gasteiger partial charge in [-0.2, -0.15) is 0 Å². The first-order chi connectivity index (χ1) is 17.4. The minimum absolute atomic E-state index is 0.00694. The highest BCUT2D eigenvalue weighted by Gasteiger charge is 2.27. The van der Waals surface area contributed by atoms with E-state index in [1.807, 2.05) is 45.0 Å². The number of benzene rings is 2. The lowest BCUT2D eigenvalue weighted by atomic mass is 9.94. The maximum atomic E-state index is 12.8. The summed E-state index contributed by atoms with van der Waals surface area (Å²) in [4.78, 5) is 12.8. The molecule has 6 N–H and O–H groups in total. The van der Waals surface area contributed by atoms with Gasteiger partial charge in [-0.3, -0.25) is 4.79 Å². The molecule has 1 amide bonds. The van der Waals surface area contributed by atoms with E-state index in [4.69, 9.17) is 10.3 Å². The Labute approximate surface area is 212 Å². The van der Waals surface area contributed by atoms with E-state index in [-0.39, 0.29) is 34.8 Å². The lowest BCUT2D eigenvalue weighted by Crippen LogP contribution is -2.23. The minimum Gasteiger partial charge on any atom is -0.508 e. The summed E-state index contributed by atoms with van der Waals surface area (Å²) in [6, 6.07) is 10.9. The molecule has 0 aliphatic carbocycles. The van der Waals surface area contributed by atoms with Crippen LogP contribution in [-0.2, 0) is 6.54 Å². The highest BCUT2D eigenvalue weighted by molar-refractivity contribution is 6.02. The zero-order chi connectivity index (χ0) is 26.1. The smallest absolute Gasteiger partial charge is 0.274 e. The third-order valence-corrected chi connectivity index (χ3v) is 6.14. The van der Waals surface area contributed by atoms with Crippen LogP contribution in [0.25, 0.3) is 22.5 Å². The van der Waals surface area contributed by atoms with E-state index in [2.05, 4.69) is 15.8 Å². The standard InChI is InChI=1S/C28H38N4O4/c1-4-31-28(35)26-25(20-11-9-19(10-12-20)17-30-14-8-6-5-7-13-29)27(36-32-26)22-15-21(18(2)3)23(33)16-24(22)34/h9-12,15-16,18,30,33-34H,4-8,13-14,17,29H2,1-3H3,(H,31,35). The Morgan fingerprint density at radius 1 is 1.06 bits per heavy atom. The van der Waals surface area contributed by atoms with Gasteiger partial charge in [-0.15, -0.1) is 0 Å². The second-order valence-corrected chi connectivity index (χ2v) is 9.25. The number of phenols is 2. The summed E-state index contributed by atoms with van der Waals surface area (Å²) in [6.45, 7) is 8.61. The van der Waals surface area contributed by atoms with Crippen molar-refractivity contribution < 1.29 is 19.5 Å². The van der Waals surface area contributed by atoms with E-state index in [1.54, 1.807) is 6.07 Å². The predicted octanol–water partition coefficient (Wildman–Crippen LogP) is 4.90. The second-order valence-electron chi connectivity index (χ2n) is 9.25. The third kappa shape index (κ3) is 6.65. The number of aromatic nitrogens is 1. The van der Waals surface area contributed by atoms with Crippen LogP contribution in [0.5, 0.6) is 11.5 Å². The van der Waals surface area contributed by atoms with Gasteiger partial charge in [0, 0.05) is 19.2 Å². The quantitative estimate of drug-likeness (QED) is 0.213. The van der Waals surface area contributed by atoms with Crippen molar-refractivity contribution in [2.45, 2.75) is 58.9 Å². The molecule has 1 aromatic heterocycles. The van der Waals surface area contributed by atoms with Gasteiger partial charge in [0.25, 0.3) is 5.91 Å². The zero-order valence-electron chi connectivity index (χ0n) is 21.4. The molecular formula is C28H38N4O4. The number of nitrogens with two attached hydrogens (primary N) is 1. The van der Waals surface area contributed by atoms with E-state index < -0.39 is 0 Å². The molecule has 0 unspecified atom stereocenters.